The zero-order valence-corrected chi connectivity index (χ0v) is 14.7. The first-order chi connectivity index (χ1) is 11.9. The molecule has 2 aromatic carbocycles. The van der Waals surface area contributed by atoms with E-state index < -0.39 is 15.9 Å². The van der Waals surface area contributed by atoms with Crippen molar-refractivity contribution in [2.24, 2.45) is 0 Å². The summed E-state index contributed by atoms with van der Waals surface area (Å²) in [6, 6.07) is 15.6. The summed E-state index contributed by atoms with van der Waals surface area (Å²) in [5.41, 5.74) is 1.84. The Balaban J connectivity index is 1.73. The largest absolute Gasteiger partial charge is 0.274 e. The Bertz CT molecular complexity index is 1010. The van der Waals surface area contributed by atoms with Gasteiger partial charge < -0.3 is 0 Å². The number of nitrogens with one attached hydrogen (secondary N) is 1. The van der Waals surface area contributed by atoms with Gasteiger partial charge in [-0.3, -0.25) is 14.5 Å². The first-order valence-corrected chi connectivity index (χ1v) is 9.56. The number of rotatable bonds is 5. The fraction of sp³-hybridized carbons (Fsp3) is 0.111. The van der Waals surface area contributed by atoms with Crippen LogP contribution in [0.1, 0.15) is 11.1 Å². The lowest BCUT2D eigenvalue weighted by Gasteiger charge is -2.09. The van der Waals surface area contributed by atoms with Crippen LogP contribution in [-0.2, 0) is 27.0 Å². The van der Waals surface area contributed by atoms with E-state index in [4.69, 9.17) is 11.6 Å². The monoisotopic (exact) mass is 374 g/mol. The molecule has 5 nitrogen and oxygen atoms in total. The van der Waals surface area contributed by atoms with Crippen LogP contribution in [-0.4, -0.2) is 19.3 Å². The highest BCUT2D eigenvalue weighted by Gasteiger charge is 2.17. The third-order valence-electron chi connectivity index (χ3n) is 3.61. The summed E-state index contributed by atoms with van der Waals surface area (Å²) in [5.74, 6) is -0.899. The predicted molar refractivity (Wildman–Crippen MR) is 97.7 cm³/mol. The van der Waals surface area contributed by atoms with Crippen molar-refractivity contribution in [3.63, 3.8) is 0 Å². The van der Waals surface area contributed by atoms with Crippen molar-refractivity contribution in [2.45, 2.75) is 12.2 Å². The van der Waals surface area contributed by atoms with Gasteiger partial charge in [0.2, 0.25) is 15.9 Å². The fourth-order valence-electron chi connectivity index (χ4n) is 2.52. The maximum absolute atomic E-state index is 12.3. The van der Waals surface area contributed by atoms with Gasteiger partial charge in [0.05, 0.1) is 17.7 Å². The summed E-state index contributed by atoms with van der Waals surface area (Å²) in [6.07, 6.45) is 1.57. The second kappa shape index (κ2) is 7.21. The van der Waals surface area contributed by atoms with Crippen molar-refractivity contribution in [2.75, 3.05) is 0 Å². The molecule has 25 heavy (non-hydrogen) atoms. The van der Waals surface area contributed by atoms with Crippen molar-refractivity contribution in [1.29, 1.82) is 0 Å². The van der Waals surface area contributed by atoms with Crippen molar-refractivity contribution in [3.8, 4) is 0 Å². The highest BCUT2D eigenvalue weighted by atomic mass is 35.5. The quantitative estimate of drug-likeness (QED) is 0.744. The Labute approximate surface area is 150 Å². The number of carbonyl (C=O) groups excluding carboxylic acids is 1. The molecule has 1 heterocycles. The molecule has 0 bridgehead atoms. The molecular formula is C18H15ClN2O3S. The minimum Gasteiger partial charge on any atom is -0.274 e. The number of nitrogens with zero attached hydrogens (tertiary/aromatic N) is 1. The Morgan fingerprint density at radius 2 is 1.76 bits per heavy atom. The number of amides is 1. The number of aromatic nitrogens is 1. The van der Waals surface area contributed by atoms with E-state index in [2.05, 4.69) is 9.71 Å². The van der Waals surface area contributed by atoms with Crippen molar-refractivity contribution in [3.05, 3.63) is 76.9 Å². The van der Waals surface area contributed by atoms with Gasteiger partial charge in [-0.25, -0.2) is 8.42 Å². The SMILES string of the molecule is O=C(Cc1ccc(Cl)cc1)NS(=O)(=O)Cc1cccc2cccnc12. The first-order valence-electron chi connectivity index (χ1n) is 7.53. The lowest BCUT2D eigenvalue weighted by atomic mass is 10.1. The number of benzene rings is 2. The molecule has 0 unspecified atom stereocenters. The van der Waals surface area contributed by atoms with Crippen LogP contribution in [0.5, 0.6) is 0 Å². The Morgan fingerprint density at radius 3 is 2.52 bits per heavy atom. The van der Waals surface area contributed by atoms with Crippen molar-refractivity contribution in [1.82, 2.24) is 9.71 Å². The molecule has 0 aliphatic heterocycles. The zero-order chi connectivity index (χ0) is 17.9. The number of sulfonamides is 1. The molecule has 0 saturated carbocycles. The van der Waals surface area contributed by atoms with E-state index in [1.165, 1.54) is 0 Å². The molecule has 0 aliphatic carbocycles. The second-order valence-electron chi connectivity index (χ2n) is 5.58. The highest BCUT2D eigenvalue weighted by molar-refractivity contribution is 7.89. The third kappa shape index (κ3) is 4.55. The smallest absolute Gasteiger partial charge is 0.239 e. The Hall–Kier alpha value is -2.44. The summed E-state index contributed by atoms with van der Waals surface area (Å²) in [5, 5.41) is 1.41. The molecule has 3 rings (SSSR count). The molecule has 7 heteroatoms. The maximum Gasteiger partial charge on any atom is 0.239 e. The molecule has 0 saturated heterocycles. The summed E-state index contributed by atoms with van der Waals surface area (Å²) in [6.45, 7) is 0. The molecule has 0 atom stereocenters. The number of hydrogen-bond donors (Lipinski definition) is 1. The van der Waals surface area contributed by atoms with E-state index >= 15 is 0 Å². The zero-order valence-electron chi connectivity index (χ0n) is 13.1. The van der Waals surface area contributed by atoms with Gasteiger partial charge in [0.15, 0.2) is 0 Å². The summed E-state index contributed by atoms with van der Waals surface area (Å²) in [7, 11) is -3.82. The van der Waals surface area contributed by atoms with E-state index in [1.807, 2.05) is 12.1 Å². The Morgan fingerprint density at radius 1 is 1.04 bits per heavy atom. The Kier molecular flexibility index (Phi) is 5.01. The predicted octanol–water partition coefficient (Wildman–Crippen LogP) is 3.08. The van der Waals surface area contributed by atoms with Crippen LogP contribution < -0.4 is 4.72 Å². The third-order valence-corrected chi connectivity index (χ3v) is 5.09. The number of carbonyl (C=O) groups is 1. The molecule has 3 aromatic rings. The van der Waals surface area contributed by atoms with Gasteiger partial charge in [-0.15, -0.1) is 0 Å². The number of hydrogen-bond acceptors (Lipinski definition) is 4. The molecule has 128 valence electrons. The number of para-hydroxylation sites is 1. The van der Waals surface area contributed by atoms with E-state index in [9.17, 15) is 13.2 Å². The van der Waals surface area contributed by atoms with Crippen LogP contribution in [0.15, 0.2) is 60.8 Å². The van der Waals surface area contributed by atoms with Crippen LogP contribution in [0, 0.1) is 0 Å². The average molecular weight is 375 g/mol. The van der Waals surface area contributed by atoms with Crippen molar-refractivity contribution >= 4 is 38.4 Å². The molecule has 1 N–H and O–H groups in total. The molecule has 0 fully saturated rings. The van der Waals surface area contributed by atoms with Gasteiger partial charge in [-0.05, 0) is 29.3 Å². The van der Waals surface area contributed by atoms with Gasteiger partial charge in [0.25, 0.3) is 0 Å². The van der Waals surface area contributed by atoms with Crippen LogP contribution in [0.2, 0.25) is 5.02 Å². The standard InChI is InChI=1S/C18H15ClN2O3S/c19-16-8-6-13(7-9-16)11-17(22)21-25(23,24)12-15-4-1-3-14-5-2-10-20-18(14)15/h1-10H,11-12H2,(H,21,22). The highest BCUT2D eigenvalue weighted by Crippen LogP contribution is 2.18. The maximum atomic E-state index is 12.3. The average Bonchev–Trinajstić information content (AvgIpc) is 2.56. The second-order valence-corrected chi connectivity index (χ2v) is 7.74. The minimum absolute atomic E-state index is 0.0375. The van der Waals surface area contributed by atoms with E-state index in [-0.39, 0.29) is 12.2 Å². The lowest BCUT2D eigenvalue weighted by molar-refractivity contribution is -0.118. The van der Waals surface area contributed by atoms with Gasteiger partial charge in [-0.2, -0.15) is 0 Å². The topological polar surface area (TPSA) is 76.1 Å². The van der Waals surface area contributed by atoms with Gasteiger partial charge in [0.1, 0.15) is 0 Å². The molecule has 0 spiro atoms. The normalized spacial score (nSPS) is 11.4. The molecule has 1 aromatic heterocycles. The summed E-state index contributed by atoms with van der Waals surface area (Å²) < 4.78 is 26.7. The van der Waals surface area contributed by atoms with E-state index in [0.717, 1.165) is 5.39 Å². The minimum atomic E-state index is -3.82. The van der Waals surface area contributed by atoms with Crippen LogP contribution in [0.25, 0.3) is 10.9 Å². The molecular weight excluding hydrogens is 360 g/mol. The number of fused-ring (bicyclic) bond motifs is 1. The fourth-order valence-corrected chi connectivity index (χ4v) is 3.78. The summed E-state index contributed by atoms with van der Waals surface area (Å²) in [4.78, 5) is 16.3. The molecule has 1 amide bonds. The van der Waals surface area contributed by atoms with Gasteiger partial charge >= 0.3 is 0 Å². The van der Waals surface area contributed by atoms with Crippen molar-refractivity contribution < 1.29 is 13.2 Å². The molecule has 0 aliphatic rings. The lowest BCUT2D eigenvalue weighted by Crippen LogP contribution is -2.32. The number of pyridine rings is 1. The molecule has 0 radical (unpaired) electrons. The van der Waals surface area contributed by atoms with E-state index in [0.29, 0.717) is 21.7 Å². The van der Waals surface area contributed by atoms with Crippen LogP contribution in [0.3, 0.4) is 0 Å². The summed E-state index contributed by atoms with van der Waals surface area (Å²) >= 11 is 5.79. The van der Waals surface area contributed by atoms with Gasteiger partial charge in [-0.1, -0.05) is 48.0 Å². The number of halogens is 1. The van der Waals surface area contributed by atoms with E-state index in [1.54, 1.807) is 48.7 Å². The van der Waals surface area contributed by atoms with Crippen LogP contribution in [0.4, 0.5) is 0 Å². The first kappa shape index (κ1) is 17.4. The van der Waals surface area contributed by atoms with Gasteiger partial charge in [0, 0.05) is 16.6 Å². The van der Waals surface area contributed by atoms with Crippen LogP contribution >= 0.6 is 11.6 Å².